The van der Waals surface area contributed by atoms with Crippen molar-refractivity contribution in [2.45, 2.75) is 13.1 Å². The predicted molar refractivity (Wildman–Crippen MR) is 118 cm³/mol. The molecule has 0 spiro atoms. The summed E-state index contributed by atoms with van der Waals surface area (Å²) in [5, 5.41) is 6.09. The summed E-state index contributed by atoms with van der Waals surface area (Å²) in [7, 11) is 2.87. The Morgan fingerprint density at radius 3 is 2.24 bits per heavy atom. The van der Waals surface area contributed by atoms with Crippen molar-refractivity contribution in [3.63, 3.8) is 0 Å². The van der Waals surface area contributed by atoms with Gasteiger partial charge in [-0.1, -0.05) is 30.3 Å². The molecule has 176 valence electrons. The summed E-state index contributed by atoms with van der Waals surface area (Å²) < 4.78 is 52.3. The first-order chi connectivity index (χ1) is 16.1. The van der Waals surface area contributed by atoms with Gasteiger partial charge in [0.25, 0.3) is 11.5 Å². The molecule has 0 fully saturated rings. The fourth-order valence-corrected chi connectivity index (χ4v) is 3.60. The van der Waals surface area contributed by atoms with Crippen molar-refractivity contribution in [2.24, 2.45) is 0 Å². The van der Waals surface area contributed by atoms with Crippen LogP contribution in [-0.2, 0) is 6.18 Å². The van der Waals surface area contributed by atoms with Gasteiger partial charge in [0.1, 0.15) is 22.7 Å². The van der Waals surface area contributed by atoms with Crippen LogP contribution in [0.5, 0.6) is 11.5 Å². The molecule has 2 aromatic heterocycles. The van der Waals surface area contributed by atoms with Crippen LogP contribution in [0.15, 0.2) is 53.3 Å². The maximum absolute atomic E-state index is 13.8. The maximum Gasteiger partial charge on any atom is 0.435 e. The summed E-state index contributed by atoms with van der Waals surface area (Å²) in [5.41, 5.74) is -2.49. The second-order valence-corrected chi connectivity index (χ2v) is 7.33. The third-order valence-electron chi connectivity index (χ3n) is 5.14. The SMILES string of the molecule is COc1cc(NC(=O)c2c(C)[nH]c3c(-c4ccccc4)c(C(F)(F)F)nn3c2=O)cc(OC)c1. The van der Waals surface area contributed by atoms with E-state index in [1.165, 1.54) is 45.4 Å². The molecule has 4 rings (SSSR count). The Balaban J connectivity index is 1.86. The highest BCUT2D eigenvalue weighted by molar-refractivity contribution is 6.05. The monoisotopic (exact) mass is 472 g/mol. The molecule has 0 bridgehead atoms. The lowest BCUT2D eigenvalue weighted by Gasteiger charge is -2.11. The second kappa shape index (κ2) is 8.58. The fraction of sp³-hybridized carbons (Fsp3) is 0.174. The van der Waals surface area contributed by atoms with Crippen molar-refractivity contribution >= 4 is 17.2 Å². The number of hydrogen-bond acceptors (Lipinski definition) is 5. The molecule has 34 heavy (non-hydrogen) atoms. The molecule has 0 atom stereocenters. The van der Waals surface area contributed by atoms with Gasteiger partial charge >= 0.3 is 6.18 Å². The number of hydrogen-bond donors (Lipinski definition) is 2. The number of fused-ring (bicyclic) bond motifs is 1. The summed E-state index contributed by atoms with van der Waals surface area (Å²) in [6, 6.07) is 12.4. The van der Waals surface area contributed by atoms with Gasteiger partial charge in [0, 0.05) is 29.6 Å². The van der Waals surface area contributed by atoms with Gasteiger partial charge in [-0.25, -0.2) is 0 Å². The minimum absolute atomic E-state index is 0.0793. The number of aromatic nitrogens is 3. The lowest BCUT2D eigenvalue weighted by molar-refractivity contribution is -0.140. The Hall–Kier alpha value is -4.28. The van der Waals surface area contributed by atoms with Gasteiger partial charge in [-0.15, -0.1) is 0 Å². The van der Waals surface area contributed by atoms with E-state index >= 15 is 0 Å². The van der Waals surface area contributed by atoms with Gasteiger partial charge in [0.2, 0.25) is 0 Å². The number of nitrogens with one attached hydrogen (secondary N) is 2. The van der Waals surface area contributed by atoms with E-state index < -0.39 is 23.3 Å². The fourth-order valence-electron chi connectivity index (χ4n) is 3.60. The molecular formula is C23H19F3N4O4. The smallest absolute Gasteiger partial charge is 0.435 e. The normalized spacial score (nSPS) is 11.5. The van der Waals surface area contributed by atoms with Crippen LogP contribution < -0.4 is 20.3 Å². The van der Waals surface area contributed by atoms with E-state index in [4.69, 9.17) is 9.47 Å². The zero-order valence-electron chi connectivity index (χ0n) is 18.3. The largest absolute Gasteiger partial charge is 0.497 e. The summed E-state index contributed by atoms with van der Waals surface area (Å²) in [5.74, 6) is -0.0449. The minimum Gasteiger partial charge on any atom is -0.497 e. The number of ether oxygens (including phenoxy) is 2. The number of H-pyrrole nitrogens is 1. The standard InChI is InChI=1S/C23H19F3N4O4/c1-12-17(21(31)28-14-9-15(33-2)11-16(10-14)34-3)22(32)30-20(27-12)18(13-7-5-4-6-8-13)19(29-30)23(24,25)26/h4-11,27H,1-3H3,(H,28,31). The zero-order chi connectivity index (χ0) is 24.6. The molecule has 0 aliphatic carbocycles. The van der Waals surface area contributed by atoms with Crippen LogP contribution >= 0.6 is 0 Å². The van der Waals surface area contributed by atoms with Crippen LogP contribution in [0.1, 0.15) is 21.7 Å². The van der Waals surface area contributed by atoms with Crippen LogP contribution in [0.4, 0.5) is 18.9 Å². The molecule has 0 unspecified atom stereocenters. The Bertz CT molecular complexity index is 1420. The minimum atomic E-state index is -4.83. The van der Waals surface area contributed by atoms with Crippen molar-refractivity contribution in [3.8, 4) is 22.6 Å². The lowest BCUT2D eigenvalue weighted by Crippen LogP contribution is -2.29. The number of methoxy groups -OCH3 is 2. The van der Waals surface area contributed by atoms with Gasteiger partial charge in [0.05, 0.1) is 19.8 Å². The van der Waals surface area contributed by atoms with E-state index in [2.05, 4.69) is 15.4 Å². The molecule has 2 heterocycles. The van der Waals surface area contributed by atoms with Crippen LogP contribution in [0.2, 0.25) is 0 Å². The highest BCUT2D eigenvalue weighted by Crippen LogP contribution is 2.38. The Kier molecular flexibility index (Phi) is 5.78. The molecule has 0 saturated heterocycles. The molecule has 0 saturated carbocycles. The number of halogens is 3. The van der Waals surface area contributed by atoms with Gasteiger partial charge < -0.3 is 19.8 Å². The first kappa shape index (κ1) is 22.9. The first-order valence-corrected chi connectivity index (χ1v) is 9.96. The molecule has 2 aromatic carbocycles. The highest BCUT2D eigenvalue weighted by atomic mass is 19.4. The quantitative estimate of drug-likeness (QED) is 0.452. The van der Waals surface area contributed by atoms with Crippen LogP contribution in [-0.4, -0.2) is 34.7 Å². The third kappa shape index (κ3) is 4.07. The van der Waals surface area contributed by atoms with Crippen molar-refractivity contribution < 1.29 is 27.4 Å². The average molecular weight is 472 g/mol. The lowest BCUT2D eigenvalue weighted by atomic mass is 10.1. The number of benzene rings is 2. The Morgan fingerprint density at radius 2 is 1.68 bits per heavy atom. The number of anilines is 1. The summed E-state index contributed by atoms with van der Waals surface area (Å²) in [6.07, 6.45) is -4.83. The number of carbonyl (C=O) groups excluding carboxylic acids is 1. The molecule has 4 aromatic rings. The number of amides is 1. The van der Waals surface area contributed by atoms with Gasteiger partial charge in [-0.3, -0.25) is 9.59 Å². The molecule has 0 aliphatic heterocycles. The number of alkyl halides is 3. The first-order valence-electron chi connectivity index (χ1n) is 9.96. The van der Waals surface area contributed by atoms with E-state index in [0.29, 0.717) is 16.0 Å². The van der Waals surface area contributed by atoms with E-state index in [9.17, 15) is 22.8 Å². The molecule has 11 heteroatoms. The predicted octanol–water partition coefficient (Wildman–Crippen LogP) is 4.29. The van der Waals surface area contributed by atoms with Crippen LogP contribution in [0.3, 0.4) is 0 Å². The molecular weight excluding hydrogens is 453 g/mol. The maximum atomic E-state index is 13.8. The van der Waals surface area contributed by atoms with E-state index in [-0.39, 0.29) is 33.7 Å². The van der Waals surface area contributed by atoms with Gasteiger partial charge in [0.15, 0.2) is 5.69 Å². The topological polar surface area (TPSA) is 97.7 Å². The van der Waals surface area contributed by atoms with Crippen molar-refractivity contribution in [2.75, 3.05) is 19.5 Å². The zero-order valence-corrected chi connectivity index (χ0v) is 18.3. The third-order valence-corrected chi connectivity index (χ3v) is 5.14. The number of aryl methyl sites for hydroxylation is 1. The number of aromatic amines is 1. The van der Waals surface area contributed by atoms with Gasteiger partial charge in [-0.2, -0.15) is 22.8 Å². The molecule has 0 radical (unpaired) electrons. The van der Waals surface area contributed by atoms with E-state index in [1.54, 1.807) is 24.3 Å². The summed E-state index contributed by atoms with van der Waals surface area (Å²) >= 11 is 0. The van der Waals surface area contributed by atoms with E-state index in [1.807, 2.05) is 0 Å². The molecule has 2 N–H and O–H groups in total. The molecule has 8 nitrogen and oxygen atoms in total. The highest BCUT2D eigenvalue weighted by Gasteiger charge is 2.39. The average Bonchev–Trinajstić information content (AvgIpc) is 3.19. The van der Waals surface area contributed by atoms with Crippen molar-refractivity contribution in [3.05, 3.63) is 75.8 Å². The number of rotatable bonds is 5. The van der Waals surface area contributed by atoms with Crippen LogP contribution in [0, 0.1) is 6.92 Å². The second-order valence-electron chi connectivity index (χ2n) is 7.33. The summed E-state index contributed by atoms with van der Waals surface area (Å²) in [6.45, 7) is 1.43. The number of nitrogens with zero attached hydrogens (tertiary/aromatic N) is 2. The van der Waals surface area contributed by atoms with Crippen molar-refractivity contribution in [1.82, 2.24) is 14.6 Å². The van der Waals surface area contributed by atoms with Gasteiger partial charge in [-0.05, 0) is 12.5 Å². The van der Waals surface area contributed by atoms with Crippen molar-refractivity contribution in [1.29, 1.82) is 0 Å². The van der Waals surface area contributed by atoms with E-state index in [0.717, 1.165) is 0 Å². The molecule has 0 aliphatic rings. The molecule has 1 amide bonds. The number of carbonyl (C=O) groups is 1. The Labute approximate surface area is 190 Å². The van der Waals surface area contributed by atoms with Crippen LogP contribution in [0.25, 0.3) is 16.8 Å². The Morgan fingerprint density at radius 1 is 1.06 bits per heavy atom. The summed E-state index contributed by atoms with van der Waals surface area (Å²) in [4.78, 5) is 28.9.